The minimum Gasteiger partial charge on any atom is -0.493 e. The van der Waals surface area contributed by atoms with Crippen LogP contribution < -0.4 is 10.3 Å². The Labute approximate surface area is 254 Å². The van der Waals surface area contributed by atoms with Crippen molar-refractivity contribution < 1.29 is 33.0 Å². The van der Waals surface area contributed by atoms with Crippen LogP contribution in [0.2, 0.25) is 0 Å². The number of piperazine rings is 1. The third-order valence-electron chi connectivity index (χ3n) is 7.19. The van der Waals surface area contributed by atoms with Crippen molar-refractivity contribution in [1.82, 2.24) is 23.8 Å². The fourth-order valence-corrected chi connectivity index (χ4v) is 6.55. The number of aliphatic hydroxyl groups is 1. The number of oxime groups is 1. The number of aromatic amines is 1. The summed E-state index contributed by atoms with van der Waals surface area (Å²) >= 11 is 0. The summed E-state index contributed by atoms with van der Waals surface area (Å²) in [4.78, 5) is 38.0. The first-order chi connectivity index (χ1) is 21.1. The van der Waals surface area contributed by atoms with E-state index >= 15 is 0 Å². The van der Waals surface area contributed by atoms with Gasteiger partial charge in [-0.25, -0.2) is 12.9 Å². The first-order valence-corrected chi connectivity index (χ1v) is 15.7. The van der Waals surface area contributed by atoms with Crippen LogP contribution in [0, 0.1) is 17.0 Å². The molecule has 2 N–H and O–H groups in total. The zero-order valence-corrected chi connectivity index (χ0v) is 25.7. The van der Waals surface area contributed by atoms with Gasteiger partial charge in [-0.05, 0) is 44.0 Å². The minimum absolute atomic E-state index is 0.00940. The molecule has 1 aliphatic rings. The number of aromatic nitrogens is 3. The number of hydrogen-bond donors (Lipinski definition) is 2. The van der Waals surface area contributed by atoms with Crippen LogP contribution >= 0.6 is 0 Å². The third-order valence-corrected chi connectivity index (χ3v) is 9.08. The van der Waals surface area contributed by atoms with Gasteiger partial charge < -0.3 is 24.5 Å². The van der Waals surface area contributed by atoms with Gasteiger partial charge in [0.1, 0.15) is 24.5 Å². The molecule has 3 heterocycles. The van der Waals surface area contributed by atoms with Crippen molar-refractivity contribution in [3.63, 3.8) is 0 Å². The van der Waals surface area contributed by atoms with E-state index in [1.807, 2.05) is 11.8 Å². The number of ether oxygens (including phenoxy) is 1. The van der Waals surface area contributed by atoms with E-state index in [9.17, 15) is 23.3 Å². The molecule has 0 radical (unpaired) electrons. The molecule has 1 aliphatic heterocycles. The minimum atomic E-state index is -3.93. The Balaban J connectivity index is 1.71. The number of nitrogens with zero attached hydrogens (tertiary/aromatic N) is 6. The Morgan fingerprint density at radius 2 is 1.95 bits per heavy atom. The van der Waals surface area contributed by atoms with E-state index in [0.717, 1.165) is 12.1 Å². The van der Waals surface area contributed by atoms with Crippen LogP contribution in [0.5, 0.6) is 5.75 Å². The second kappa shape index (κ2) is 14.6. The second-order valence-electron chi connectivity index (χ2n) is 9.98. The zero-order valence-electron chi connectivity index (χ0n) is 24.9. The number of hydrogen-bond acceptors (Lipinski definition) is 12. The highest BCUT2D eigenvalue weighted by Crippen LogP contribution is 2.32. The van der Waals surface area contributed by atoms with Crippen LogP contribution in [-0.2, 0) is 26.1 Å². The van der Waals surface area contributed by atoms with Gasteiger partial charge in [0.15, 0.2) is 5.82 Å². The van der Waals surface area contributed by atoms with Crippen molar-refractivity contribution in [2.45, 2.75) is 38.5 Å². The Morgan fingerprint density at radius 1 is 1.20 bits per heavy atom. The van der Waals surface area contributed by atoms with E-state index in [4.69, 9.17) is 19.8 Å². The summed E-state index contributed by atoms with van der Waals surface area (Å²) in [6.45, 7) is 7.10. The molecule has 0 aliphatic carbocycles. The maximum Gasteiger partial charge on any atom is 0.294 e. The summed E-state index contributed by atoms with van der Waals surface area (Å²) < 4.78 is 36.1. The summed E-state index contributed by atoms with van der Waals surface area (Å²) in [6.07, 6.45) is 2.82. The van der Waals surface area contributed by atoms with Crippen molar-refractivity contribution in [3.8, 4) is 17.1 Å². The van der Waals surface area contributed by atoms with Crippen molar-refractivity contribution in [2.24, 2.45) is 5.16 Å². The fourth-order valence-electron chi connectivity index (χ4n) is 5.10. The lowest BCUT2D eigenvalue weighted by molar-refractivity contribution is -0.757. The number of rotatable bonds is 15. The highest BCUT2D eigenvalue weighted by Gasteiger charge is 2.30. The van der Waals surface area contributed by atoms with E-state index in [2.05, 4.69) is 15.0 Å². The van der Waals surface area contributed by atoms with Crippen molar-refractivity contribution in [2.75, 3.05) is 59.2 Å². The normalized spacial score (nSPS) is 14.8. The molecule has 0 bridgehead atoms. The number of H-pyrrole nitrogens is 1. The van der Waals surface area contributed by atoms with Crippen LogP contribution in [0.3, 0.4) is 0 Å². The standard InChI is InChI=1S/C27H37N7O9S/c1-4-6-23-22(18-28-42-16-14-35)19(3)25-27(36)29-26(30-33(23)25)21-17-20(7-8-24(21)41-5-2)44(39,40)32-11-9-31(10-12-32)13-15-43-34(37)38/h7-8,17-18,35H,4-6,9-16H2,1-3H3,(H,29,30,36). The van der Waals surface area contributed by atoms with Crippen molar-refractivity contribution in [3.05, 3.63) is 55.5 Å². The number of sulfonamides is 1. The maximum absolute atomic E-state index is 13.7. The summed E-state index contributed by atoms with van der Waals surface area (Å²) in [5, 5.41) is 27.2. The first kappa shape index (κ1) is 32.8. The topological polar surface area (TPSA) is 194 Å². The predicted octanol–water partition coefficient (Wildman–Crippen LogP) is 1.21. The molecule has 0 spiro atoms. The number of fused-ring (bicyclic) bond motifs is 1. The van der Waals surface area contributed by atoms with Crippen LogP contribution in [0.4, 0.5) is 0 Å². The zero-order chi connectivity index (χ0) is 31.9. The fraction of sp³-hybridized carbons (Fsp3) is 0.519. The summed E-state index contributed by atoms with van der Waals surface area (Å²) in [7, 11) is -3.93. The highest BCUT2D eigenvalue weighted by molar-refractivity contribution is 7.89. The molecular formula is C27H37N7O9S. The van der Waals surface area contributed by atoms with E-state index < -0.39 is 20.7 Å². The molecule has 240 valence electrons. The molecule has 4 rings (SSSR count). The average Bonchev–Trinajstić information content (AvgIpc) is 3.26. The molecule has 3 aromatic rings. The van der Waals surface area contributed by atoms with Crippen molar-refractivity contribution >= 4 is 21.8 Å². The van der Waals surface area contributed by atoms with Gasteiger partial charge in [0.25, 0.3) is 10.6 Å². The Morgan fingerprint density at radius 3 is 2.61 bits per heavy atom. The van der Waals surface area contributed by atoms with E-state index in [0.29, 0.717) is 60.6 Å². The predicted molar refractivity (Wildman–Crippen MR) is 160 cm³/mol. The van der Waals surface area contributed by atoms with Gasteiger partial charge in [-0.15, -0.1) is 15.2 Å². The number of aliphatic hydroxyl groups excluding tert-OH is 1. The molecule has 0 saturated carbocycles. The molecule has 0 unspecified atom stereocenters. The quantitative estimate of drug-likeness (QED) is 0.105. The third kappa shape index (κ3) is 7.18. The van der Waals surface area contributed by atoms with Gasteiger partial charge in [0.2, 0.25) is 10.0 Å². The maximum atomic E-state index is 13.7. The smallest absolute Gasteiger partial charge is 0.294 e. The molecule has 16 nitrogen and oxygen atoms in total. The SMILES string of the molecule is CCCc1c(C=NOCCO)c(C)c2c(=O)[nH]c(-c3cc(S(=O)(=O)N4CCN(CCO[N+](=O)[O-])CC4)ccc3OCC)nn12. The molecule has 2 aromatic heterocycles. The summed E-state index contributed by atoms with van der Waals surface area (Å²) in [5.74, 6) is 0.482. The van der Waals surface area contributed by atoms with Crippen LogP contribution in [0.1, 0.15) is 37.1 Å². The lowest BCUT2D eigenvalue weighted by atomic mass is 10.1. The highest BCUT2D eigenvalue weighted by atomic mass is 32.2. The van der Waals surface area contributed by atoms with Crippen molar-refractivity contribution in [1.29, 1.82) is 0 Å². The van der Waals surface area contributed by atoms with Crippen LogP contribution in [0.25, 0.3) is 16.9 Å². The Bertz CT molecular complexity index is 1660. The van der Waals surface area contributed by atoms with E-state index in [1.165, 1.54) is 22.7 Å². The van der Waals surface area contributed by atoms with Gasteiger partial charge in [0, 0.05) is 38.3 Å². The van der Waals surface area contributed by atoms with Crippen LogP contribution in [-0.4, -0.2) is 108 Å². The molecule has 1 fully saturated rings. The average molecular weight is 636 g/mol. The largest absolute Gasteiger partial charge is 0.493 e. The lowest BCUT2D eigenvalue weighted by Gasteiger charge is -2.33. The van der Waals surface area contributed by atoms with Gasteiger partial charge in [-0.2, -0.15) is 4.31 Å². The Kier molecular flexibility index (Phi) is 10.9. The van der Waals surface area contributed by atoms with Gasteiger partial charge in [-0.1, -0.05) is 18.5 Å². The first-order valence-electron chi connectivity index (χ1n) is 14.3. The Hall–Kier alpha value is -4.06. The van der Waals surface area contributed by atoms with Crippen LogP contribution in [0.15, 0.2) is 33.0 Å². The number of nitrogens with one attached hydrogen (secondary N) is 1. The summed E-state index contributed by atoms with van der Waals surface area (Å²) in [6, 6.07) is 4.45. The van der Waals surface area contributed by atoms with Gasteiger partial charge in [0.05, 0.1) is 35.6 Å². The molecule has 0 amide bonds. The van der Waals surface area contributed by atoms with E-state index in [-0.39, 0.29) is 43.6 Å². The molecule has 1 aromatic carbocycles. The molecular weight excluding hydrogens is 598 g/mol. The number of benzene rings is 1. The molecule has 0 atom stereocenters. The lowest BCUT2D eigenvalue weighted by Crippen LogP contribution is -2.49. The molecule has 44 heavy (non-hydrogen) atoms. The molecule has 1 saturated heterocycles. The van der Waals surface area contributed by atoms with Gasteiger partial charge >= 0.3 is 0 Å². The summed E-state index contributed by atoms with van der Waals surface area (Å²) in [5.41, 5.74) is 2.25. The second-order valence-corrected chi connectivity index (χ2v) is 11.9. The molecule has 17 heteroatoms. The van der Waals surface area contributed by atoms with Gasteiger partial charge in [-0.3, -0.25) is 9.69 Å². The monoisotopic (exact) mass is 635 g/mol. The van der Waals surface area contributed by atoms with E-state index in [1.54, 1.807) is 24.4 Å². The number of aryl methyl sites for hydroxylation is 2.